The Morgan fingerprint density at radius 3 is 2.46 bits per heavy atom. The number of carbonyl (C=O) groups is 1. The first-order valence-electron chi connectivity index (χ1n) is 9.34. The Balaban J connectivity index is 1.44. The molecule has 0 spiro atoms. The molecule has 0 atom stereocenters. The Bertz CT molecular complexity index is 761. The number of aryl methyl sites for hydroxylation is 1. The van der Waals surface area contributed by atoms with E-state index in [0.29, 0.717) is 45.3 Å². The fraction of sp³-hybridized carbons (Fsp3) is 0.450. The normalized spacial score (nSPS) is 14.1. The third-order valence-electron chi connectivity index (χ3n) is 4.56. The van der Waals surface area contributed by atoms with Crippen LogP contribution in [0, 0.1) is 6.92 Å². The molecule has 1 aromatic carbocycles. The van der Waals surface area contributed by atoms with Crippen molar-refractivity contribution in [2.75, 3.05) is 58.0 Å². The zero-order valence-electron chi connectivity index (χ0n) is 16.3. The molecule has 0 bridgehead atoms. The molecule has 8 heteroatoms. The summed E-state index contributed by atoms with van der Waals surface area (Å²) in [6.07, 6.45) is 0. The molecular weight excluding hydrogens is 360 g/mol. The summed E-state index contributed by atoms with van der Waals surface area (Å²) in [5, 5.41) is 8.30. The first-order chi connectivity index (χ1) is 13.7. The lowest BCUT2D eigenvalue weighted by Crippen LogP contribution is -2.50. The molecule has 0 saturated carbocycles. The maximum absolute atomic E-state index is 12.4. The molecular formula is C20H26N4O4. The summed E-state index contributed by atoms with van der Waals surface area (Å²) in [4.78, 5) is 16.4. The van der Waals surface area contributed by atoms with Crippen molar-refractivity contribution < 1.29 is 19.0 Å². The molecule has 1 aliphatic rings. The van der Waals surface area contributed by atoms with E-state index in [-0.39, 0.29) is 12.5 Å². The molecule has 28 heavy (non-hydrogen) atoms. The molecule has 1 saturated heterocycles. The van der Waals surface area contributed by atoms with Gasteiger partial charge in [0, 0.05) is 39.4 Å². The van der Waals surface area contributed by atoms with Crippen LogP contribution in [0.1, 0.15) is 5.56 Å². The van der Waals surface area contributed by atoms with Crippen molar-refractivity contribution >= 4 is 11.7 Å². The summed E-state index contributed by atoms with van der Waals surface area (Å²) in [6, 6.07) is 11.4. The largest absolute Gasteiger partial charge is 0.484 e. The van der Waals surface area contributed by atoms with Gasteiger partial charge in [0.25, 0.3) is 5.91 Å². The standard InChI is InChI=1S/C20H26N4O4/c1-16-5-3-4-6-17(16)28-15-20(25)24-11-9-23(10-12-24)18-7-8-19(22-21-18)27-14-13-26-2/h3-8H,9-15H2,1-2H3. The number of hydrogen-bond acceptors (Lipinski definition) is 7. The van der Waals surface area contributed by atoms with E-state index in [1.165, 1.54) is 0 Å². The highest BCUT2D eigenvalue weighted by molar-refractivity contribution is 5.78. The number of nitrogens with zero attached hydrogens (tertiary/aromatic N) is 4. The van der Waals surface area contributed by atoms with Crippen LogP contribution in [0.2, 0.25) is 0 Å². The highest BCUT2D eigenvalue weighted by Crippen LogP contribution is 2.17. The molecule has 1 amide bonds. The first kappa shape index (κ1) is 19.9. The minimum absolute atomic E-state index is 0.00382. The summed E-state index contributed by atoms with van der Waals surface area (Å²) >= 11 is 0. The second-order valence-electron chi connectivity index (χ2n) is 6.49. The summed E-state index contributed by atoms with van der Waals surface area (Å²) in [5.74, 6) is 2.00. The number of carbonyl (C=O) groups excluding carboxylic acids is 1. The van der Waals surface area contributed by atoms with Crippen LogP contribution in [0.25, 0.3) is 0 Å². The van der Waals surface area contributed by atoms with E-state index in [0.717, 1.165) is 17.1 Å². The third-order valence-corrected chi connectivity index (χ3v) is 4.56. The van der Waals surface area contributed by atoms with E-state index >= 15 is 0 Å². The molecule has 2 aromatic rings. The Morgan fingerprint density at radius 2 is 1.79 bits per heavy atom. The second kappa shape index (κ2) is 9.89. The molecule has 8 nitrogen and oxygen atoms in total. The average Bonchev–Trinajstić information content (AvgIpc) is 2.74. The minimum atomic E-state index is -0.00382. The summed E-state index contributed by atoms with van der Waals surface area (Å²) < 4.78 is 16.0. The van der Waals surface area contributed by atoms with Crippen LogP contribution >= 0.6 is 0 Å². The van der Waals surface area contributed by atoms with Crippen molar-refractivity contribution in [2.45, 2.75) is 6.92 Å². The van der Waals surface area contributed by atoms with Gasteiger partial charge in [-0.1, -0.05) is 18.2 Å². The van der Waals surface area contributed by atoms with Crippen molar-refractivity contribution in [1.82, 2.24) is 15.1 Å². The quantitative estimate of drug-likeness (QED) is 0.637. The van der Waals surface area contributed by atoms with E-state index in [4.69, 9.17) is 14.2 Å². The number of rotatable bonds is 8. The van der Waals surface area contributed by atoms with Crippen LogP contribution in [0.4, 0.5) is 5.82 Å². The van der Waals surface area contributed by atoms with Crippen LogP contribution in [0.3, 0.4) is 0 Å². The van der Waals surface area contributed by atoms with E-state index in [2.05, 4.69) is 15.1 Å². The SMILES string of the molecule is COCCOc1ccc(N2CCN(C(=O)COc3ccccc3C)CC2)nn1. The van der Waals surface area contributed by atoms with Crippen LogP contribution in [0.15, 0.2) is 36.4 Å². The Kier molecular flexibility index (Phi) is 7.02. The van der Waals surface area contributed by atoms with Gasteiger partial charge in [-0.15, -0.1) is 10.2 Å². The van der Waals surface area contributed by atoms with Crippen molar-refractivity contribution in [3.05, 3.63) is 42.0 Å². The summed E-state index contributed by atoms with van der Waals surface area (Å²) in [5.41, 5.74) is 1.02. The van der Waals surface area contributed by atoms with E-state index < -0.39 is 0 Å². The molecule has 1 aromatic heterocycles. The molecule has 2 heterocycles. The van der Waals surface area contributed by atoms with Gasteiger partial charge in [-0.3, -0.25) is 4.79 Å². The second-order valence-corrected chi connectivity index (χ2v) is 6.49. The third kappa shape index (κ3) is 5.32. The lowest BCUT2D eigenvalue weighted by molar-refractivity contribution is -0.133. The number of para-hydroxylation sites is 1. The Labute approximate surface area is 165 Å². The van der Waals surface area contributed by atoms with Crippen molar-refractivity contribution in [1.29, 1.82) is 0 Å². The molecule has 3 rings (SSSR count). The van der Waals surface area contributed by atoms with Gasteiger partial charge < -0.3 is 24.0 Å². The molecule has 0 radical (unpaired) electrons. The maximum Gasteiger partial charge on any atom is 0.260 e. The molecule has 1 fully saturated rings. The van der Waals surface area contributed by atoms with Crippen molar-refractivity contribution in [2.24, 2.45) is 0 Å². The van der Waals surface area contributed by atoms with Gasteiger partial charge in [0.1, 0.15) is 12.4 Å². The van der Waals surface area contributed by atoms with Gasteiger partial charge in [-0.05, 0) is 24.6 Å². The fourth-order valence-electron chi connectivity index (χ4n) is 2.92. The predicted molar refractivity (Wildman–Crippen MR) is 105 cm³/mol. The average molecular weight is 386 g/mol. The lowest BCUT2D eigenvalue weighted by atomic mass is 10.2. The van der Waals surface area contributed by atoms with Crippen LogP contribution < -0.4 is 14.4 Å². The van der Waals surface area contributed by atoms with Gasteiger partial charge in [-0.2, -0.15) is 0 Å². The number of methoxy groups -OCH3 is 1. The molecule has 0 aliphatic carbocycles. The number of benzene rings is 1. The number of ether oxygens (including phenoxy) is 3. The number of piperazine rings is 1. The predicted octanol–water partition coefficient (Wildman–Crippen LogP) is 1.54. The monoisotopic (exact) mass is 386 g/mol. The number of hydrogen-bond donors (Lipinski definition) is 0. The molecule has 0 unspecified atom stereocenters. The van der Waals surface area contributed by atoms with Crippen LogP contribution in [-0.2, 0) is 9.53 Å². The topological polar surface area (TPSA) is 77.0 Å². The summed E-state index contributed by atoms with van der Waals surface area (Å²) in [6.45, 7) is 5.63. The van der Waals surface area contributed by atoms with Crippen LogP contribution in [0.5, 0.6) is 11.6 Å². The Hall–Kier alpha value is -2.87. The number of anilines is 1. The van der Waals surface area contributed by atoms with Gasteiger partial charge in [-0.25, -0.2) is 0 Å². The van der Waals surface area contributed by atoms with Crippen molar-refractivity contribution in [3.63, 3.8) is 0 Å². The number of amides is 1. The zero-order chi connectivity index (χ0) is 19.8. The molecule has 0 N–H and O–H groups in total. The first-order valence-corrected chi connectivity index (χ1v) is 9.34. The molecule has 1 aliphatic heterocycles. The molecule has 150 valence electrons. The van der Waals surface area contributed by atoms with Gasteiger partial charge in [0.05, 0.1) is 6.61 Å². The minimum Gasteiger partial charge on any atom is -0.484 e. The highest BCUT2D eigenvalue weighted by atomic mass is 16.5. The van der Waals surface area contributed by atoms with E-state index in [1.54, 1.807) is 13.2 Å². The number of aromatic nitrogens is 2. The zero-order valence-corrected chi connectivity index (χ0v) is 16.3. The van der Waals surface area contributed by atoms with Crippen molar-refractivity contribution in [3.8, 4) is 11.6 Å². The van der Waals surface area contributed by atoms with Gasteiger partial charge in [0.2, 0.25) is 5.88 Å². The van der Waals surface area contributed by atoms with Crippen LogP contribution in [-0.4, -0.2) is 74.1 Å². The maximum atomic E-state index is 12.4. The fourth-order valence-corrected chi connectivity index (χ4v) is 2.92. The highest BCUT2D eigenvalue weighted by Gasteiger charge is 2.22. The smallest absolute Gasteiger partial charge is 0.260 e. The summed E-state index contributed by atoms with van der Waals surface area (Å²) in [7, 11) is 1.62. The Morgan fingerprint density at radius 1 is 1.00 bits per heavy atom. The van der Waals surface area contributed by atoms with E-state index in [1.807, 2.05) is 42.2 Å². The lowest BCUT2D eigenvalue weighted by Gasteiger charge is -2.35. The van der Waals surface area contributed by atoms with E-state index in [9.17, 15) is 4.79 Å². The van der Waals surface area contributed by atoms with Gasteiger partial charge in [0.15, 0.2) is 12.4 Å². The van der Waals surface area contributed by atoms with Gasteiger partial charge >= 0.3 is 0 Å².